The monoisotopic (exact) mass is 1280 g/mol. The van der Waals surface area contributed by atoms with Crippen LogP contribution in [0.1, 0.15) is 391 Å². The lowest BCUT2D eigenvalue weighted by Crippen LogP contribution is -2.77. The molecule has 88 heavy (non-hydrogen) atoms. The van der Waals surface area contributed by atoms with E-state index in [0.29, 0.717) is 98.6 Å². The highest BCUT2D eigenvalue weighted by molar-refractivity contribution is 8.78. The van der Waals surface area contributed by atoms with Crippen LogP contribution < -0.4 is 11.5 Å². The molecule has 0 radical (unpaired) electrons. The first-order valence-corrected chi connectivity index (χ1v) is 38.6. The first-order valence-electron chi connectivity index (χ1n) is 36.5. The molecule has 0 aromatic heterocycles. The second-order valence-electron chi connectivity index (χ2n) is 27.9. The maximum atomic E-state index is 16.4. The molecule has 0 unspecified atom stereocenters. The third kappa shape index (κ3) is 31.5. The number of unbranched alkanes of at least 4 members (excludes halogenated alkanes) is 36. The summed E-state index contributed by atoms with van der Waals surface area (Å²) in [7, 11) is 0.910. The number of Topliss-reactive ketones (excluding diaryl/α,β-unsaturated/α-hetero) is 6. The molecular formula is C74H136N2O10S2. The van der Waals surface area contributed by atoms with Gasteiger partial charge in [-0.3, -0.25) is 28.8 Å². The highest BCUT2D eigenvalue weighted by Gasteiger charge is 2.73. The molecule has 0 rings (SSSR count). The minimum absolute atomic E-state index is 0.263. The molecule has 0 fully saturated rings. The van der Waals surface area contributed by atoms with Crippen molar-refractivity contribution < 1.29 is 47.8 Å². The minimum Gasteiger partial charge on any atom is -0.458 e. The van der Waals surface area contributed by atoms with Gasteiger partial charge in [0.2, 0.25) is 11.1 Å². The summed E-state index contributed by atoms with van der Waals surface area (Å²) in [5.74, 6) is -7.44. The van der Waals surface area contributed by atoms with E-state index >= 15 is 38.4 Å². The van der Waals surface area contributed by atoms with Crippen LogP contribution in [0.15, 0.2) is 0 Å². The first-order chi connectivity index (χ1) is 41.9. The standard InChI is InChI=1S/C74H136N2O10S2/c1-13-19-25-31-37-43-49-55-61(77)71(75,67(83)85-69(7,8)9)73(63(79)57-51-45-39-33-27-21-15-3,64(80)58-52-46-40-34-28-22-16-4)87-88-74(65(81)59-53-47-41-35-29-23-17-5,66(82)60-54-48-42-36-30-24-18-6)72(76,68(84)86-70(10,11)12)62(78)56-50-44-38-32-26-20-14-2/h13-60,75-76H2,1-12H3/t71-,72-/m1/s1. The van der Waals surface area contributed by atoms with E-state index in [2.05, 4.69) is 41.5 Å². The van der Waals surface area contributed by atoms with Gasteiger partial charge in [-0.05, 0) is 80.1 Å². The largest absolute Gasteiger partial charge is 0.458 e. The van der Waals surface area contributed by atoms with Crippen LogP contribution in [0, 0.1) is 0 Å². The highest BCUT2D eigenvalue weighted by atomic mass is 33.1. The SMILES string of the molecule is CCCCCCCCCC(=O)C(SSC(C(=O)CCCCCCCCC)(C(=O)CCCCCCCCC)[C@@](N)(C(=O)CCCCCCCCC)C(=O)OC(C)(C)C)(C(=O)CCCCCCCCC)[C@@](N)(C(=O)CCCCCCCCC)C(=O)OC(C)(C)C. The van der Waals surface area contributed by atoms with Crippen molar-refractivity contribution in [2.75, 3.05) is 0 Å². The average Bonchev–Trinajstić information content (AvgIpc) is 1.24. The summed E-state index contributed by atoms with van der Waals surface area (Å²) >= 11 is 0. The Balaban J connectivity index is 9.37. The van der Waals surface area contributed by atoms with E-state index in [0.717, 1.165) is 193 Å². The van der Waals surface area contributed by atoms with Crippen molar-refractivity contribution in [3.63, 3.8) is 0 Å². The van der Waals surface area contributed by atoms with Crippen LogP contribution in [0.2, 0.25) is 0 Å². The number of esters is 2. The van der Waals surface area contributed by atoms with Gasteiger partial charge in [-0.1, -0.05) is 294 Å². The number of ether oxygens (including phenoxy) is 2. The number of carbonyl (C=O) groups excluding carboxylic acids is 8. The van der Waals surface area contributed by atoms with E-state index in [1.165, 1.54) is 0 Å². The molecule has 14 heteroatoms. The topological polar surface area (TPSA) is 207 Å². The molecule has 12 nitrogen and oxygen atoms in total. The van der Waals surface area contributed by atoms with Crippen molar-refractivity contribution in [1.82, 2.24) is 0 Å². The maximum Gasteiger partial charge on any atom is 0.336 e. The molecule has 0 aromatic rings. The van der Waals surface area contributed by atoms with E-state index < -0.39 is 78.4 Å². The Morgan fingerprint density at radius 2 is 0.398 bits per heavy atom. The van der Waals surface area contributed by atoms with Gasteiger partial charge in [-0.25, -0.2) is 9.59 Å². The van der Waals surface area contributed by atoms with Crippen molar-refractivity contribution in [3.8, 4) is 0 Å². The smallest absolute Gasteiger partial charge is 0.336 e. The molecule has 0 saturated carbocycles. The van der Waals surface area contributed by atoms with Gasteiger partial charge in [0.05, 0.1) is 0 Å². The number of rotatable bonds is 61. The van der Waals surface area contributed by atoms with E-state index in [9.17, 15) is 0 Å². The lowest BCUT2D eigenvalue weighted by molar-refractivity contribution is -0.169. The third-order valence-corrected chi connectivity index (χ3v) is 21.2. The predicted molar refractivity (Wildman–Crippen MR) is 372 cm³/mol. The summed E-state index contributed by atoms with van der Waals surface area (Å²) in [6.07, 6.45) is 33.4. The van der Waals surface area contributed by atoms with Gasteiger partial charge < -0.3 is 20.9 Å². The lowest BCUT2D eigenvalue weighted by Gasteiger charge is -2.47. The number of nitrogens with two attached hydrogens (primary N) is 2. The Morgan fingerprint density at radius 1 is 0.250 bits per heavy atom. The van der Waals surface area contributed by atoms with Crippen molar-refractivity contribution in [1.29, 1.82) is 0 Å². The van der Waals surface area contributed by atoms with Crippen molar-refractivity contribution in [3.05, 3.63) is 0 Å². The van der Waals surface area contributed by atoms with E-state index in [-0.39, 0.29) is 38.5 Å². The van der Waals surface area contributed by atoms with Crippen LogP contribution in [0.5, 0.6) is 0 Å². The van der Waals surface area contributed by atoms with Gasteiger partial charge >= 0.3 is 11.9 Å². The fraction of sp³-hybridized carbons (Fsp3) is 0.892. The molecule has 0 amide bonds. The van der Waals surface area contributed by atoms with Crippen molar-refractivity contribution >= 4 is 68.2 Å². The zero-order chi connectivity index (χ0) is 66.4. The number of ketones is 6. The molecule has 0 aromatic carbocycles. The number of hydrogen-bond donors (Lipinski definition) is 2. The molecule has 0 saturated heterocycles. The van der Waals surface area contributed by atoms with Crippen molar-refractivity contribution in [2.24, 2.45) is 11.5 Å². The first kappa shape index (κ1) is 85.6. The van der Waals surface area contributed by atoms with Crippen LogP contribution in [-0.2, 0) is 47.8 Å². The summed E-state index contributed by atoms with van der Waals surface area (Å²) in [6.45, 7) is 22.7. The van der Waals surface area contributed by atoms with E-state index in [1.807, 2.05) is 0 Å². The van der Waals surface area contributed by atoms with Crippen LogP contribution >= 0.6 is 21.6 Å². The van der Waals surface area contributed by atoms with E-state index in [1.54, 1.807) is 41.5 Å². The molecule has 0 aliphatic rings. The van der Waals surface area contributed by atoms with Crippen LogP contribution in [0.4, 0.5) is 0 Å². The highest BCUT2D eigenvalue weighted by Crippen LogP contribution is 2.56. The molecule has 0 bridgehead atoms. The maximum absolute atomic E-state index is 16.4. The lowest BCUT2D eigenvalue weighted by atomic mass is 9.71. The van der Waals surface area contributed by atoms with Crippen LogP contribution in [0.3, 0.4) is 0 Å². The summed E-state index contributed by atoms with van der Waals surface area (Å²) in [6, 6.07) is 0. The zero-order valence-electron chi connectivity index (χ0n) is 59.0. The third-order valence-electron chi connectivity index (χ3n) is 17.3. The summed E-state index contributed by atoms with van der Waals surface area (Å²) in [5.41, 5.74) is 6.83. The second-order valence-corrected chi connectivity index (χ2v) is 30.5. The zero-order valence-corrected chi connectivity index (χ0v) is 60.6. The Labute approximate surface area is 547 Å². The predicted octanol–water partition coefficient (Wildman–Crippen LogP) is 20.2. The normalized spacial score (nSPS) is 13.7. The van der Waals surface area contributed by atoms with Crippen LogP contribution in [-0.4, -0.2) is 78.4 Å². The Bertz CT molecular complexity index is 1750. The van der Waals surface area contributed by atoms with Gasteiger partial charge in [-0.15, -0.1) is 0 Å². The molecule has 4 N–H and O–H groups in total. The number of hydrogen-bond acceptors (Lipinski definition) is 14. The van der Waals surface area contributed by atoms with Gasteiger partial charge in [0.1, 0.15) is 11.2 Å². The van der Waals surface area contributed by atoms with Gasteiger partial charge in [-0.2, -0.15) is 0 Å². The van der Waals surface area contributed by atoms with Gasteiger partial charge in [0.25, 0.3) is 0 Å². The summed E-state index contributed by atoms with van der Waals surface area (Å²) in [5, 5.41) is 0. The number of carbonyl (C=O) groups is 8. The van der Waals surface area contributed by atoms with Gasteiger partial charge in [0.15, 0.2) is 44.2 Å². The van der Waals surface area contributed by atoms with Gasteiger partial charge in [0, 0.05) is 38.5 Å². The molecule has 0 aliphatic heterocycles. The fourth-order valence-corrected chi connectivity index (χ4v) is 16.2. The van der Waals surface area contributed by atoms with Crippen LogP contribution in [0.25, 0.3) is 0 Å². The second kappa shape index (κ2) is 49.2. The molecule has 0 spiro atoms. The Morgan fingerprint density at radius 3 is 0.557 bits per heavy atom. The molecule has 514 valence electrons. The minimum atomic E-state index is -3.00. The molecule has 2 atom stereocenters. The average molecular weight is 1280 g/mol. The quantitative estimate of drug-likeness (QED) is 0.0251. The Kier molecular flexibility index (Phi) is 47.9. The van der Waals surface area contributed by atoms with E-state index in [4.69, 9.17) is 20.9 Å². The molecular weight excluding hydrogens is 1140 g/mol. The van der Waals surface area contributed by atoms with Crippen molar-refractivity contribution in [2.45, 2.75) is 423 Å². The molecule has 0 aliphatic carbocycles. The molecule has 0 heterocycles. The fourth-order valence-electron chi connectivity index (χ4n) is 11.8. The Hall–Kier alpha value is -2.42. The summed E-state index contributed by atoms with van der Waals surface area (Å²) < 4.78 is 6.69. The summed E-state index contributed by atoms with van der Waals surface area (Å²) in [4.78, 5) is 128.